The predicted octanol–water partition coefficient (Wildman–Crippen LogP) is 3.33. The van der Waals surface area contributed by atoms with Crippen LogP contribution in [0.2, 0.25) is 0 Å². The molecule has 1 spiro atoms. The zero-order valence-electron chi connectivity index (χ0n) is 12.4. The molecule has 19 heavy (non-hydrogen) atoms. The van der Waals surface area contributed by atoms with Gasteiger partial charge < -0.3 is 4.74 Å². The molecule has 0 aromatic heterocycles. The van der Waals surface area contributed by atoms with Crippen LogP contribution in [-0.4, -0.2) is 23.9 Å². The monoisotopic (exact) mass is 266 g/mol. The van der Waals surface area contributed by atoms with Crippen molar-refractivity contribution in [2.24, 2.45) is 23.7 Å². The Bertz CT molecular complexity index is 384. The van der Waals surface area contributed by atoms with E-state index in [9.17, 15) is 0 Å². The molecule has 2 saturated carbocycles. The van der Waals surface area contributed by atoms with E-state index in [-0.39, 0.29) is 17.3 Å². The van der Waals surface area contributed by atoms with Gasteiger partial charge in [-0.2, -0.15) is 0 Å². The Morgan fingerprint density at radius 2 is 1.74 bits per heavy atom. The van der Waals surface area contributed by atoms with Crippen LogP contribution < -0.4 is 0 Å². The Morgan fingerprint density at radius 1 is 0.947 bits per heavy atom. The van der Waals surface area contributed by atoms with Gasteiger partial charge in [0.15, 0.2) is 0 Å². The van der Waals surface area contributed by atoms with Gasteiger partial charge in [-0.25, -0.2) is 9.78 Å². The molecule has 108 valence electrons. The lowest BCUT2D eigenvalue weighted by atomic mass is 9.57. The first-order valence-corrected chi connectivity index (χ1v) is 8.04. The van der Waals surface area contributed by atoms with Crippen molar-refractivity contribution in [3.63, 3.8) is 0 Å². The van der Waals surface area contributed by atoms with E-state index in [4.69, 9.17) is 14.5 Å². The van der Waals surface area contributed by atoms with E-state index >= 15 is 0 Å². The first-order valence-electron chi connectivity index (χ1n) is 8.04. The predicted molar refractivity (Wildman–Crippen MR) is 71.4 cm³/mol. The molecule has 0 aromatic carbocycles. The molecule has 3 saturated heterocycles. The molecule has 3 unspecified atom stereocenters. The molecule has 5 fully saturated rings. The van der Waals surface area contributed by atoms with Crippen molar-refractivity contribution in [2.45, 2.75) is 70.2 Å². The van der Waals surface area contributed by atoms with Crippen molar-refractivity contribution >= 4 is 0 Å². The van der Waals surface area contributed by atoms with Crippen molar-refractivity contribution in [3.8, 4) is 0 Å². The van der Waals surface area contributed by atoms with Crippen LogP contribution in [-0.2, 0) is 14.5 Å². The molecule has 0 amide bonds. The standard InChI is InChI=1S/C16H26O3/c1-10-4-5-12-11(2)9-17-14-8-15(3)7-6-13(10)16(12,14)19-18-15/h10-14H,4-9H2,1-3H3/t10-,11+,12?,13?,14?,15-,16+/m1/s1. The van der Waals surface area contributed by atoms with Gasteiger partial charge in [-0.05, 0) is 56.3 Å². The van der Waals surface area contributed by atoms with Crippen LogP contribution in [0.3, 0.4) is 0 Å². The van der Waals surface area contributed by atoms with E-state index in [2.05, 4.69) is 20.8 Å². The summed E-state index contributed by atoms with van der Waals surface area (Å²) in [5.74, 6) is 2.56. The third-order valence-corrected chi connectivity index (χ3v) is 6.52. The molecule has 3 heteroatoms. The minimum absolute atomic E-state index is 0.127. The zero-order chi connectivity index (χ0) is 13.3. The molecule has 3 nitrogen and oxygen atoms in total. The Labute approximate surface area is 115 Å². The van der Waals surface area contributed by atoms with E-state index < -0.39 is 0 Å². The lowest BCUT2D eigenvalue weighted by Gasteiger charge is -2.59. The number of hydrogen-bond donors (Lipinski definition) is 0. The number of rotatable bonds is 0. The average Bonchev–Trinajstić information content (AvgIpc) is 2.61. The molecule has 2 aliphatic carbocycles. The Balaban J connectivity index is 1.81. The highest BCUT2D eigenvalue weighted by molar-refractivity contribution is 5.12. The van der Waals surface area contributed by atoms with Crippen LogP contribution in [0, 0.1) is 23.7 Å². The highest BCUT2D eigenvalue weighted by Gasteiger charge is 2.66. The van der Waals surface area contributed by atoms with Gasteiger partial charge in [0.1, 0.15) is 11.2 Å². The molecular weight excluding hydrogens is 240 g/mol. The minimum atomic E-state index is -0.147. The summed E-state index contributed by atoms with van der Waals surface area (Å²) in [6.45, 7) is 7.82. The number of hydrogen-bond acceptors (Lipinski definition) is 3. The van der Waals surface area contributed by atoms with Gasteiger partial charge >= 0.3 is 0 Å². The fourth-order valence-electron chi connectivity index (χ4n) is 5.42. The van der Waals surface area contributed by atoms with Crippen molar-refractivity contribution in [2.75, 3.05) is 6.61 Å². The third-order valence-electron chi connectivity index (χ3n) is 6.52. The van der Waals surface area contributed by atoms with Crippen molar-refractivity contribution in [3.05, 3.63) is 0 Å². The molecular formula is C16H26O3. The Hall–Kier alpha value is -0.120. The van der Waals surface area contributed by atoms with Crippen LogP contribution in [0.1, 0.15) is 52.9 Å². The van der Waals surface area contributed by atoms with Gasteiger partial charge in [0.25, 0.3) is 0 Å². The van der Waals surface area contributed by atoms with E-state index in [1.54, 1.807) is 0 Å². The van der Waals surface area contributed by atoms with Crippen molar-refractivity contribution < 1.29 is 14.5 Å². The summed E-state index contributed by atoms with van der Waals surface area (Å²) in [6, 6.07) is 0. The summed E-state index contributed by atoms with van der Waals surface area (Å²) in [6.07, 6.45) is 6.24. The molecule has 5 aliphatic rings. The van der Waals surface area contributed by atoms with E-state index in [1.807, 2.05) is 0 Å². The molecule has 3 aliphatic heterocycles. The third kappa shape index (κ3) is 1.55. The van der Waals surface area contributed by atoms with Crippen molar-refractivity contribution in [1.29, 1.82) is 0 Å². The second-order valence-electron chi connectivity index (χ2n) is 7.78. The van der Waals surface area contributed by atoms with Crippen LogP contribution in [0.15, 0.2) is 0 Å². The smallest absolute Gasteiger partial charge is 0.136 e. The van der Waals surface area contributed by atoms with E-state index in [0.717, 1.165) is 25.4 Å². The SMILES string of the molecule is C[C@@H]1CCC2[C@@H](C)COC3C[C@@]4(C)CCC1[C@]32OO4. The van der Waals surface area contributed by atoms with Gasteiger partial charge in [-0.15, -0.1) is 0 Å². The molecule has 0 aromatic rings. The van der Waals surface area contributed by atoms with Crippen molar-refractivity contribution in [1.82, 2.24) is 0 Å². The maximum Gasteiger partial charge on any atom is 0.136 e. The minimum Gasteiger partial charge on any atom is -0.375 e. The first kappa shape index (κ1) is 12.6. The summed E-state index contributed by atoms with van der Waals surface area (Å²) >= 11 is 0. The summed E-state index contributed by atoms with van der Waals surface area (Å²) < 4.78 is 6.24. The lowest BCUT2D eigenvalue weighted by molar-refractivity contribution is -0.483. The number of ether oxygens (including phenoxy) is 1. The molecule has 2 bridgehead atoms. The van der Waals surface area contributed by atoms with E-state index in [1.165, 1.54) is 19.3 Å². The molecule has 7 atom stereocenters. The molecule has 5 rings (SSSR count). The fourth-order valence-corrected chi connectivity index (χ4v) is 5.42. The van der Waals surface area contributed by atoms with Crippen LogP contribution >= 0.6 is 0 Å². The summed E-state index contributed by atoms with van der Waals surface area (Å²) in [7, 11) is 0. The highest BCUT2D eigenvalue weighted by Crippen LogP contribution is 2.60. The molecule has 0 radical (unpaired) electrons. The maximum absolute atomic E-state index is 6.24. The zero-order valence-corrected chi connectivity index (χ0v) is 12.4. The van der Waals surface area contributed by atoms with Crippen LogP contribution in [0.5, 0.6) is 0 Å². The van der Waals surface area contributed by atoms with Crippen LogP contribution in [0.4, 0.5) is 0 Å². The summed E-state index contributed by atoms with van der Waals surface area (Å²) in [5.41, 5.74) is -0.274. The second kappa shape index (κ2) is 3.96. The van der Waals surface area contributed by atoms with Gasteiger partial charge in [0.05, 0.1) is 12.7 Å². The topological polar surface area (TPSA) is 27.7 Å². The largest absolute Gasteiger partial charge is 0.375 e. The lowest BCUT2D eigenvalue weighted by Crippen LogP contribution is -2.67. The van der Waals surface area contributed by atoms with Gasteiger partial charge in [0.2, 0.25) is 0 Å². The van der Waals surface area contributed by atoms with E-state index in [0.29, 0.717) is 17.8 Å². The highest BCUT2D eigenvalue weighted by atomic mass is 17.2. The summed E-state index contributed by atoms with van der Waals surface area (Å²) in [4.78, 5) is 12.1. The quantitative estimate of drug-likeness (QED) is 0.629. The second-order valence-corrected chi connectivity index (χ2v) is 7.78. The fraction of sp³-hybridized carbons (Fsp3) is 1.00. The Morgan fingerprint density at radius 3 is 2.58 bits per heavy atom. The maximum atomic E-state index is 6.24. The van der Waals surface area contributed by atoms with Gasteiger partial charge in [0, 0.05) is 6.42 Å². The normalized spacial score (nSPS) is 60.5. The average molecular weight is 266 g/mol. The van der Waals surface area contributed by atoms with Crippen LogP contribution in [0.25, 0.3) is 0 Å². The molecule has 0 N–H and O–H groups in total. The van der Waals surface area contributed by atoms with Gasteiger partial charge in [-0.3, -0.25) is 0 Å². The first-order chi connectivity index (χ1) is 9.05. The summed E-state index contributed by atoms with van der Waals surface area (Å²) in [5, 5.41) is 0. The Kier molecular flexibility index (Phi) is 2.63. The number of fused-ring (bicyclic) bond motifs is 2. The molecule has 3 heterocycles. The van der Waals surface area contributed by atoms with Gasteiger partial charge in [-0.1, -0.05) is 13.8 Å².